The number of carboxylic acids is 1. The molecule has 1 N–H and O–H groups in total. The summed E-state index contributed by atoms with van der Waals surface area (Å²) in [5, 5.41) is 8.79. The van der Waals surface area contributed by atoms with E-state index >= 15 is 0 Å². The van der Waals surface area contributed by atoms with Gasteiger partial charge in [-0.25, -0.2) is 4.98 Å². The van der Waals surface area contributed by atoms with E-state index in [0.29, 0.717) is 24.2 Å². The van der Waals surface area contributed by atoms with Gasteiger partial charge in [-0.2, -0.15) is 13.2 Å². The molecule has 1 aromatic heterocycles. The number of alkyl halides is 3. The average Bonchev–Trinajstić information content (AvgIpc) is 3.03. The number of nitrogens with zero attached hydrogens (tertiary/aromatic N) is 2. The molecule has 1 unspecified atom stereocenters. The van der Waals surface area contributed by atoms with E-state index in [1.807, 2.05) is 38.1 Å². The van der Waals surface area contributed by atoms with Gasteiger partial charge in [-0.05, 0) is 42.2 Å². The van der Waals surface area contributed by atoms with Crippen LogP contribution in [-0.4, -0.2) is 20.6 Å². The molecule has 0 radical (unpaired) electrons. The zero-order valence-electron chi connectivity index (χ0n) is 16.8. The van der Waals surface area contributed by atoms with Gasteiger partial charge < -0.3 is 5.11 Å². The standard InChI is InChI=1S/C22H22ClF3N2O2/c1-4-20-27-18-10-16(22(24,25)26)17(23)11-19(18)28(20)15-7-5-14(6-8-15)9-12(2)13(3)21(29)30/h5-8,10-13H,4,9H2,1-3H3,(H,29,30)/t12-,13?/m0/s1. The predicted molar refractivity (Wildman–Crippen MR) is 110 cm³/mol. The molecule has 0 saturated carbocycles. The zero-order chi connectivity index (χ0) is 22.2. The number of aryl methyl sites for hydroxylation is 1. The third-order valence-electron chi connectivity index (χ3n) is 5.43. The fourth-order valence-corrected chi connectivity index (χ4v) is 3.73. The summed E-state index contributed by atoms with van der Waals surface area (Å²) in [6.45, 7) is 5.46. The van der Waals surface area contributed by atoms with Crippen molar-refractivity contribution in [3.63, 3.8) is 0 Å². The van der Waals surface area contributed by atoms with Crippen LogP contribution in [0.15, 0.2) is 36.4 Å². The molecule has 3 aromatic rings. The molecule has 30 heavy (non-hydrogen) atoms. The van der Waals surface area contributed by atoms with E-state index in [1.54, 1.807) is 11.5 Å². The Morgan fingerprint density at radius 1 is 1.20 bits per heavy atom. The summed E-state index contributed by atoms with van der Waals surface area (Å²) in [4.78, 5) is 15.5. The van der Waals surface area contributed by atoms with Crippen molar-refractivity contribution in [3.8, 4) is 5.69 Å². The summed E-state index contributed by atoms with van der Waals surface area (Å²) in [5.74, 6) is -0.695. The quantitative estimate of drug-likeness (QED) is 0.501. The third-order valence-corrected chi connectivity index (χ3v) is 5.74. The molecule has 0 aliphatic carbocycles. The van der Waals surface area contributed by atoms with Gasteiger partial charge in [0.05, 0.1) is 27.5 Å². The first-order valence-corrected chi connectivity index (χ1v) is 10.0. The van der Waals surface area contributed by atoms with Gasteiger partial charge in [0, 0.05) is 12.1 Å². The van der Waals surface area contributed by atoms with Crippen LogP contribution in [0.4, 0.5) is 13.2 Å². The number of benzene rings is 2. The van der Waals surface area contributed by atoms with Gasteiger partial charge in [0.15, 0.2) is 0 Å². The number of fused-ring (bicyclic) bond motifs is 1. The Morgan fingerprint density at radius 3 is 2.37 bits per heavy atom. The van der Waals surface area contributed by atoms with Gasteiger partial charge in [-0.15, -0.1) is 0 Å². The Hall–Kier alpha value is -2.54. The third kappa shape index (κ3) is 4.31. The summed E-state index contributed by atoms with van der Waals surface area (Å²) in [7, 11) is 0. The van der Waals surface area contributed by atoms with E-state index < -0.39 is 23.6 Å². The second-order valence-corrected chi connectivity index (χ2v) is 7.92. The first-order valence-electron chi connectivity index (χ1n) is 9.63. The Labute approximate surface area is 177 Å². The molecule has 0 aliphatic rings. The second kappa shape index (κ2) is 8.30. The highest BCUT2D eigenvalue weighted by atomic mass is 35.5. The molecule has 0 fully saturated rings. The number of imidazole rings is 1. The molecule has 4 nitrogen and oxygen atoms in total. The van der Waals surface area contributed by atoms with Crippen LogP contribution in [0.5, 0.6) is 0 Å². The van der Waals surface area contributed by atoms with Gasteiger partial charge in [0.1, 0.15) is 5.82 Å². The van der Waals surface area contributed by atoms with Gasteiger partial charge >= 0.3 is 12.1 Å². The topological polar surface area (TPSA) is 55.1 Å². The summed E-state index contributed by atoms with van der Waals surface area (Å²) in [6.07, 6.45) is -3.41. The van der Waals surface area contributed by atoms with Crippen LogP contribution in [0.3, 0.4) is 0 Å². The number of halogens is 4. The van der Waals surface area contributed by atoms with Crippen LogP contribution in [-0.2, 0) is 23.8 Å². The minimum absolute atomic E-state index is 0.0341. The SMILES string of the molecule is CCc1nc2cc(C(F)(F)F)c(Cl)cc2n1-c1ccc(C[C@H](C)C(C)C(=O)O)cc1. The monoisotopic (exact) mass is 438 g/mol. The van der Waals surface area contributed by atoms with Gasteiger partial charge in [0.2, 0.25) is 0 Å². The number of carboxylic acid groups (broad SMARTS) is 1. The molecule has 0 spiro atoms. The highest BCUT2D eigenvalue weighted by Crippen LogP contribution is 2.37. The van der Waals surface area contributed by atoms with Crippen LogP contribution in [0.1, 0.15) is 37.7 Å². The van der Waals surface area contributed by atoms with Crippen LogP contribution in [0.25, 0.3) is 16.7 Å². The minimum Gasteiger partial charge on any atom is -0.481 e. The maximum atomic E-state index is 13.2. The molecule has 0 aliphatic heterocycles. The van der Waals surface area contributed by atoms with Crippen LogP contribution < -0.4 is 0 Å². The van der Waals surface area contributed by atoms with Crippen molar-refractivity contribution in [2.45, 2.75) is 39.8 Å². The fourth-order valence-electron chi connectivity index (χ4n) is 3.46. The van der Waals surface area contributed by atoms with Gasteiger partial charge in [-0.3, -0.25) is 9.36 Å². The van der Waals surface area contributed by atoms with Crippen molar-refractivity contribution in [2.24, 2.45) is 11.8 Å². The largest absolute Gasteiger partial charge is 0.481 e. The van der Waals surface area contributed by atoms with Crippen molar-refractivity contribution in [1.82, 2.24) is 9.55 Å². The lowest BCUT2D eigenvalue weighted by molar-refractivity contribution is -0.142. The van der Waals surface area contributed by atoms with Crippen LogP contribution in [0, 0.1) is 11.8 Å². The highest BCUT2D eigenvalue weighted by molar-refractivity contribution is 6.32. The van der Waals surface area contributed by atoms with Crippen LogP contribution >= 0.6 is 11.6 Å². The number of carbonyl (C=O) groups is 1. The van der Waals surface area contributed by atoms with Crippen molar-refractivity contribution < 1.29 is 23.1 Å². The average molecular weight is 439 g/mol. The van der Waals surface area contributed by atoms with Crippen molar-refractivity contribution in [2.75, 3.05) is 0 Å². The molecule has 8 heteroatoms. The molecular weight excluding hydrogens is 417 g/mol. The summed E-state index contributed by atoms with van der Waals surface area (Å²) in [6, 6.07) is 9.81. The fraction of sp³-hybridized carbons (Fsp3) is 0.364. The van der Waals surface area contributed by atoms with E-state index in [2.05, 4.69) is 4.98 Å². The number of aromatic nitrogens is 2. The number of rotatable bonds is 6. The molecule has 2 atom stereocenters. The lowest BCUT2D eigenvalue weighted by Crippen LogP contribution is -2.19. The lowest BCUT2D eigenvalue weighted by Gasteiger charge is -2.16. The van der Waals surface area contributed by atoms with E-state index in [-0.39, 0.29) is 16.5 Å². The maximum absolute atomic E-state index is 13.2. The Morgan fingerprint density at radius 2 is 1.83 bits per heavy atom. The molecule has 0 amide bonds. The molecule has 2 aromatic carbocycles. The molecule has 160 valence electrons. The molecule has 3 rings (SSSR count). The normalized spacial score (nSPS) is 14.1. The predicted octanol–water partition coefficient (Wildman–Crippen LogP) is 6.16. The van der Waals surface area contributed by atoms with E-state index in [1.165, 1.54) is 6.07 Å². The van der Waals surface area contributed by atoms with Crippen LogP contribution in [0.2, 0.25) is 5.02 Å². The number of hydrogen-bond acceptors (Lipinski definition) is 2. The molecular formula is C22H22ClF3N2O2. The summed E-state index contributed by atoms with van der Waals surface area (Å²) in [5.41, 5.74) is 1.58. The number of hydrogen-bond donors (Lipinski definition) is 1. The first-order chi connectivity index (χ1) is 14.0. The highest BCUT2D eigenvalue weighted by Gasteiger charge is 2.34. The molecule has 0 bridgehead atoms. The van der Waals surface area contributed by atoms with Gasteiger partial charge in [-0.1, -0.05) is 44.5 Å². The minimum atomic E-state index is -4.55. The van der Waals surface area contributed by atoms with Gasteiger partial charge in [0.25, 0.3) is 0 Å². The molecule has 0 saturated heterocycles. The number of aliphatic carboxylic acids is 1. The lowest BCUT2D eigenvalue weighted by atomic mass is 9.90. The second-order valence-electron chi connectivity index (χ2n) is 7.51. The maximum Gasteiger partial charge on any atom is 0.417 e. The first kappa shape index (κ1) is 22.2. The zero-order valence-corrected chi connectivity index (χ0v) is 17.6. The van der Waals surface area contributed by atoms with E-state index in [4.69, 9.17) is 16.7 Å². The Balaban J connectivity index is 2.00. The van der Waals surface area contributed by atoms with Crippen molar-refractivity contribution >= 4 is 28.6 Å². The smallest absolute Gasteiger partial charge is 0.417 e. The van der Waals surface area contributed by atoms with Crippen molar-refractivity contribution in [3.05, 3.63) is 58.4 Å². The summed E-state index contributed by atoms with van der Waals surface area (Å²) < 4.78 is 41.4. The van der Waals surface area contributed by atoms with Crippen molar-refractivity contribution in [1.29, 1.82) is 0 Å². The summed E-state index contributed by atoms with van der Waals surface area (Å²) >= 11 is 5.93. The van der Waals surface area contributed by atoms with E-state index in [0.717, 1.165) is 17.3 Å². The Kier molecular flexibility index (Phi) is 6.13. The Bertz CT molecular complexity index is 1070. The molecule has 1 heterocycles. The van der Waals surface area contributed by atoms with E-state index in [9.17, 15) is 18.0 Å².